The van der Waals surface area contributed by atoms with E-state index in [0.717, 1.165) is 12.8 Å². The molecule has 2 fully saturated rings. The second-order valence-corrected chi connectivity index (χ2v) is 5.00. The van der Waals surface area contributed by atoms with E-state index in [4.69, 9.17) is 4.74 Å². The topological polar surface area (TPSA) is 69.7 Å². The maximum atomic E-state index is 12.4. The number of benzene rings is 1. The van der Waals surface area contributed by atoms with E-state index in [1.54, 1.807) is 12.1 Å². The molecule has 100 valence electrons. The number of rotatable bonds is 2. The second kappa shape index (κ2) is 4.66. The van der Waals surface area contributed by atoms with Gasteiger partial charge in [0.25, 0.3) is 5.91 Å². The molecule has 0 N–H and O–H groups in total. The Morgan fingerprint density at radius 2 is 1.58 bits per heavy atom. The summed E-state index contributed by atoms with van der Waals surface area (Å²) in [6, 6.07) is 6.22. The van der Waals surface area contributed by atoms with Crippen LogP contribution in [0.25, 0.3) is 0 Å². The quantitative estimate of drug-likeness (QED) is 0.753. The van der Waals surface area contributed by atoms with Gasteiger partial charge in [0.05, 0.1) is 31.3 Å². The number of carbonyl (C=O) groups excluding carboxylic acids is 2. The predicted octanol–water partition coefficient (Wildman–Crippen LogP) is 0.0535. The minimum Gasteiger partial charge on any atom is -0.545 e. The Morgan fingerprint density at radius 3 is 2.11 bits per heavy atom. The van der Waals surface area contributed by atoms with E-state index in [1.165, 1.54) is 12.1 Å². The van der Waals surface area contributed by atoms with Crippen molar-refractivity contribution in [3.05, 3.63) is 35.4 Å². The van der Waals surface area contributed by atoms with Gasteiger partial charge in [-0.05, 0) is 30.5 Å². The van der Waals surface area contributed by atoms with Crippen LogP contribution < -0.4 is 5.11 Å². The maximum absolute atomic E-state index is 12.4. The van der Waals surface area contributed by atoms with E-state index in [0.29, 0.717) is 18.8 Å². The molecule has 2 bridgehead atoms. The largest absolute Gasteiger partial charge is 0.545 e. The number of carboxylic acids is 1. The van der Waals surface area contributed by atoms with Crippen molar-refractivity contribution in [3.63, 3.8) is 0 Å². The molecule has 0 spiro atoms. The highest BCUT2D eigenvalue weighted by Crippen LogP contribution is 2.30. The van der Waals surface area contributed by atoms with Crippen LogP contribution in [0.2, 0.25) is 0 Å². The van der Waals surface area contributed by atoms with Gasteiger partial charge < -0.3 is 19.5 Å². The maximum Gasteiger partial charge on any atom is 0.254 e. The number of nitrogens with zero attached hydrogens (tertiary/aromatic N) is 1. The number of fused-ring (bicyclic) bond motifs is 2. The summed E-state index contributed by atoms with van der Waals surface area (Å²) < 4.78 is 5.44. The number of carbonyl (C=O) groups is 2. The average molecular weight is 260 g/mol. The lowest BCUT2D eigenvalue weighted by molar-refractivity contribution is -0.255. The van der Waals surface area contributed by atoms with Gasteiger partial charge in [-0.1, -0.05) is 12.1 Å². The Balaban J connectivity index is 1.82. The van der Waals surface area contributed by atoms with Crippen molar-refractivity contribution >= 4 is 11.9 Å². The fraction of sp³-hybridized carbons (Fsp3) is 0.429. The average Bonchev–Trinajstić information content (AvgIpc) is 2.67. The first kappa shape index (κ1) is 12.2. The van der Waals surface area contributed by atoms with Crippen molar-refractivity contribution in [2.75, 3.05) is 13.2 Å². The van der Waals surface area contributed by atoms with Crippen LogP contribution in [0.5, 0.6) is 0 Å². The van der Waals surface area contributed by atoms with Gasteiger partial charge in [0.2, 0.25) is 0 Å². The lowest BCUT2D eigenvalue weighted by Crippen LogP contribution is -2.49. The molecule has 2 unspecified atom stereocenters. The van der Waals surface area contributed by atoms with Gasteiger partial charge in [-0.3, -0.25) is 4.79 Å². The molecule has 1 amide bonds. The van der Waals surface area contributed by atoms with Crippen LogP contribution in [0.3, 0.4) is 0 Å². The number of morpholine rings is 1. The van der Waals surface area contributed by atoms with Crippen molar-refractivity contribution in [1.82, 2.24) is 4.90 Å². The Morgan fingerprint density at radius 1 is 1.05 bits per heavy atom. The van der Waals surface area contributed by atoms with E-state index in [2.05, 4.69) is 0 Å². The van der Waals surface area contributed by atoms with Crippen LogP contribution in [-0.2, 0) is 4.74 Å². The van der Waals surface area contributed by atoms with Crippen molar-refractivity contribution in [2.24, 2.45) is 0 Å². The fourth-order valence-corrected chi connectivity index (χ4v) is 2.86. The van der Waals surface area contributed by atoms with Crippen LogP contribution in [0, 0.1) is 0 Å². The van der Waals surface area contributed by atoms with Crippen LogP contribution in [0.15, 0.2) is 24.3 Å². The van der Waals surface area contributed by atoms with Gasteiger partial charge in [0, 0.05) is 5.56 Å². The summed E-state index contributed by atoms with van der Waals surface area (Å²) in [6.07, 6.45) is 1.96. The predicted molar refractivity (Wildman–Crippen MR) is 64.6 cm³/mol. The molecule has 1 aromatic rings. The van der Waals surface area contributed by atoms with Gasteiger partial charge in [-0.25, -0.2) is 0 Å². The number of carboxylic acid groups (broad SMARTS) is 1. The zero-order valence-electron chi connectivity index (χ0n) is 10.4. The number of aromatic carboxylic acids is 1. The molecule has 0 aliphatic carbocycles. The molecule has 19 heavy (non-hydrogen) atoms. The Hall–Kier alpha value is -1.88. The lowest BCUT2D eigenvalue weighted by Gasteiger charge is -2.34. The number of amides is 1. The molecular weight excluding hydrogens is 246 g/mol. The first-order chi connectivity index (χ1) is 9.16. The lowest BCUT2D eigenvalue weighted by atomic mass is 10.1. The highest BCUT2D eigenvalue weighted by molar-refractivity contribution is 5.96. The van der Waals surface area contributed by atoms with E-state index in [-0.39, 0.29) is 23.6 Å². The molecule has 0 aromatic heterocycles. The molecule has 1 aromatic carbocycles. The monoisotopic (exact) mass is 260 g/mol. The second-order valence-electron chi connectivity index (χ2n) is 5.00. The molecule has 2 heterocycles. The summed E-state index contributed by atoms with van der Waals surface area (Å²) in [7, 11) is 0. The fourth-order valence-electron chi connectivity index (χ4n) is 2.86. The third-order valence-electron chi connectivity index (χ3n) is 3.84. The summed E-state index contributed by atoms with van der Waals surface area (Å²) in [5.74, 6) is -1.27. The van der Waals surface area contributed by atoms with Crippen molar-refractivity contribution in [2.45, 2.75) is 24.9 Å². The van der Waals surface area contributed by atoms with Gasteiger partial charge >= 0.3 is 0 Å². The molecule has 2 saturated heterocycles. The Kier molecular flexibility index (Phi) is 2.98. The van der Waals surface area contributed by atoms with Gasteiger partial charge in [0.1, 0.15) is 0 Å². The summed E-state index contributed by atoms with van der Waals surface area (Å²) in [4.78, 5) is 25.0. The number of ether oxygens (including phenoxy) is 1. The molecule has 0 saturated carbocycles. The van der Waals surface area contributed by atoms with Crippen LogP contribution in [0.1, 0.15) is 33.6 Å². The molecule has 3 rings (SSSR count). The van der Waals surface area contributed by atoms with Crippen LogP contribution in [0.4, 0.5) is 0 Å². The van der Waals surface area contributed by atoms with Crippen molar-refractivity contribution < 1.29 is 19.4 Å². The first-order valence-electron chi connectivity index (χ1n) is 6.38. The van der Waals surface area contributed by atoms with Gasteiger partial charge in [-0.2, -0.15) is 0 Å². The summed E-state index contributed by atoms with van der Waals surface area (Å²) in [5.41, 5.74) is 0.602. The number of hydrogen-bond donors (Lipinski definition) is 0. The minimum absolute atomic E-state index is 0.0410. The molecule has 5 heteroatoms. The zero-order chi connectivity index (χ0) is 13.4. The van der Waals surface area contributed by atoms with Crippen LogP contribution >= 0.6 is 0 Å². The standard InChI is InChI=1S/C14H15NO4/c16-13(9-1-3-10(4-2-9)14(17)18)15-11-5-6-12(15)8-19-7-11/h1-4,11-12H,5-8H2,(H,17,18)/p-1. The molecule has 2 atom stereocenters. The summed E-state index contributed by atoms with van der Waals surface area (Å²) >= 11 is 0. The van der Waals surface area contributed by atoms with E-state index >= 15 is 0 Å². The molecule has 0 radical (unpaired) electrons. The first-order valence-corrected chi connectivity index (χ1v) is 6.38. The highest BCUT2D eigenvalue weighted by Gasteiger charge is 2.40. The molecule has 5 nitrogen and oxygen atoms in total. The van der Waals surface area contributed by atoms with Gasteiger partial charge in [0.15, 0.2) is 0 Å². The van der Waals surface area contributed by atoms with E-state index in [1.807, 2.05) is 4.90 Å². The normalized spacial score (nSPS) is 25.4. The smallest absolute Gasteiger partial charge is 0.254 e. The summed E-state index contributed by atoms with van der Waals surface area (Å²) in [6.45, 7) is 1.19. The summed E-state index contributed by atoms with van der Waals surface area (Å²) in [5, 5.41) is 10.7. The Bertz CT molecular complexity index is 495. The molecule has 2 aliphatic rings. The number of hydrogen-bond acceptors (Lipinski definition) is 4. The van der Waals surface area contributed by atoms with Crippen molar-refractivity contribution in [1.29, 1.82) is 0 Å². The van der Waals surface area contributed by atoms with Crippen LogP contribution in [-0.4, -0.2) is 42.1 Å². The van der Waals surface area contributed by atoms with Crippen molar-refractivity contribution in [3.8, 4) is 0 Å². The zero-order valence-corrected chi connectivity index (χ0v) is 10.4. The highest BCUT2D eigenvalue weighted by atomic mass is 16.5. The minimum atomic E-state index is -1.23. The Labute approximate surface area is 110 Å². The molecular formula is C14H14NO4-. The third kappa shape index (κ3) is 2.10. The third-order valence-corrected chi connectivity index (χ3v) is 3.84. The SMILES string of the molecule is O=C([O-])c1ccc(C(=O)N2C3CCC2COC3)cc1. The van der Waals surface area contributed by atoms with Gasteiger partial charge in [-0.15, -0.1) is 0 Å². The van der Waals surface area contributed by atoms with E-state index in [9.17, 15) is 14.7 Å². The molecule has 2 aliphatic heterocycles. The van der Waals surface area contributed by atoms with E-state index < -0.39 is 5.97 Å².